The van der Waals surface area contributed by atoms with Crippen molar-refractivity contribution in [3.8, 4) is 0 Å². The lowest BCUT2D eigenvalue weighted by atomic mass is 10.1. The first kappa shape index (κ1) is 11.8. The second kappa shape index (κ2) is 4.77. The van der Waals surface area contributed by atoms with Crippen LogP contribution in [0.15, 0.2) is 35.4 Å². The summed E-state index contributed by atoms with van der Waals surface area (Å²) in [5.41, 5.74) is 3.38. The van der Waals surface area contributed by atoms with Crippen molar-refractivity contribution in [3.63, 3.8) is 0 Å². The minimum atomic E-state index is 0.203. The van der Waals surface area contributed by atoms with Crippen LogP contribution in [0, 0.1) is 0 Å². The van der Waals surface area contributed by atoms with Gasteiger partial charge < -0.3 is 4.90 Å². The second-order valence-electron chi connectivity index (χ2n) is 5.01. The first-order valence-corrected chi connectivity index (χ1v) is 6.92. The van der Waals surface area contributed by atoms with Gasteiger partial charge in [0.1, 0.15) is 0 Å². The number of carbonyl (C=O) groups excluding carboxylic acids is 1. The Morgan fingerprint density at radius 1 is 1.00 bits per heavy atom. The summed E-state index contributed by atoms with van der Waals surface area (Å²) in [4.78, 5) is 14.3. The van der Waals surface area contributed by atoms with E-state index in [2.05, 4.69) is 0 Å². The van der Waals surface area contributed by atoms with Crippen molar-refractivity contribution >= 4 is 23.2 Å². The molecule has 3 heteroatoms. The quantitative estimate of drug-likeness (QED) is 0.750. The van der Waals surface area contributed by atoms with Crippen molar-refractivity contribution < 1.29 is 4.79 Å². The topological polar surface area (TPSA) is 20.3 Å². The van der Waals surface area contributed by atoms with E-state index in [9.17, 15) is 4.79 Å². The first-order chi connectivity index (χ1) is 8.75. The number of rotatable bonds is 1. The summed E-state index contributed by atoms with van der Waals surface area (Å²) in [6.45, 7) is 0.774. The van der Waals surface area contributed by atoms with Crippen LogP contribution in [0.5, 0.6) is 0 Å². The highest BCUT2D eigenvalue weighted by atomic mass is 35.5. The molecule has 0 spiro atoms. The second-order valence-corrected chi connectivity index (χ2v) is 5.45. The van der Waals surface area contributed by atoms with Crippen molar-refractivity contribution in [3.05, 3.63) is 40.4 Å². The van der Waals surface area contributed by atoms with Crippen LogP contribution >= 0.6 is 11.6 Å². The van der Waals surface area contributed by atoms with E-state index in [1.165, 1.54) is 18.4 Å². The largest absolute Gasteiger partial charge is 0.305 e. The average molecular weight is 262 g/mol. The molecule has 0 saturated carbocycles. The molecule has 1 aromatic carbocycles. The van der Waals surface area contributed by atoms with E-state index in [-0.39, 0.29) is 5.91 Å². The maximum Gasteiger partial charge on any atom is 0.254 e. The SMILES string of the molecule is O=C1C2=C(CCCCC2)CN1c1ccc(Cl)cc1. The molecule has 1 aliphatic heterocycles. The lowest BCUT2D eigenvalue weighted by Crippen LogP contribution is -2.26. The van der Waals surface area contributed by atoms with Gasteiger partial charge in [-0.25, -0.2) is 0 Å². The Labute approximate surface area is 112 Å². The fraction of sp³-hybridized carbons (Fsp3) is 0.400. The number of carbonyl (C=O) groups is 1. The molecule has 0 aromatic heterocycles. The Hall–Kier alpha value is -1.28. The number of anilines is 1. The summed E-state index contributed by atoms with van der Waals surface area (Å²) in [5.74, 6) is 0.203. The molecular formula is C15H16ClNO. The molecule has 0 fully saturated rings. The van der Waals surface area contributed by atoms with Gasteiger partial charge in [0.15, 0.2) is 0 Å². The molecule has 1 heterocycles. The Morgan fingerprint density at radius 3 is 2.50 bits per heavy atom. The lowest BCUT2D eigenvalue weighted by molar-refractivity contribution is -0.114. The van der Waals surface area contributed by atoms with Crippen molar-refractivity contribution in [1.82, 2.24) is 0 Å². The van der Waals surface area contributed by atoms with E-state index >= 15 is 0 Å². The van der Waals surface area contributed by atoms with Gasteiger partial charge >= 0.3 is 0 Å². The third-order valence-electron chi connectivity index (χ3n) is 3.82. The highest BCUT2D eigenvalue weighted by molar-refractivity contribution is 6.30. The standard InChI is InChI=1S/C15H16ClNO/c16-12-6-8-13(9-7-12)17-10-11-4-2-1-3-5-14(11)15(17)18/h6-9H,1-5,10H2. The number of halogens is 1. The fourth-order valence-electron chi connectivity index (χ4n) is 2.83. The van der Waals surface area contributed by atoms with Gasteiger partial charge in [-0.05, 0) is 55.5 Å². The first-order valence-electron chi connectivity index (χ1n) is 6.54. The van der Waals surface area contributed by atoms with Gasteiger partial charge in [0.05, 0.1) is 0 Å². The molecule has 1 aliphatic carbocycles. The van der Waals surface area contributed by atoms with Crippen LogP contribution < -0.4 is 4.90 Å². The summed E-state index contributed by atoms with van der Waals surface area (Å²) in [6.07, 6.45) is 5.67. The molecular weight excluding hydrogens is 246 g/mol. The number of hydrogen-bond acceptors (Lipinski definition) is 1. The predicted molar refractivity (Wildman–Crippen MR) is 73.9 cm³/mol. The minimum Gasteiger partial charge on any atom is -0.305 e. The van der Waals surface area contributed by atoms with Crippen molar-refractivity contribution in [2.75, 3.05) is 11.4 Å². The zero-order valence-electron chi connectivity index (χ0n) is 10.3. The van der Waals surface area contributed by atoms with Gasteiger partial charge in [-0.3, -0.25) is 4.79 Å². The number of amides is 1. The van der Waals surface area contributed by atoms with Gasteiger partial charge in [0.25, 0.3) is 5.91 Å². The monoisotopic (exact) mass is 261 g/mol. The van der Waals surface area contributed by atoms with Gasteiger partial charge in [0.2, 0.25) is 0 Å². The molecule has 3 rings (SSSR count). The van der Waals surface area contributed by atoms with Crippen LogP contribution in [0.4, 0.5) is 5.69 Å². The molecule has 94 valence electrons. The molecule has 0 atom stereocenters. The molecule has 2 nitrogen and oxygen atoms in total. The molecule has 0 N–H and O–H groups in total. The van der Waals surface area contributed by atoms with Crippen LogP contribution in [0.3, 0.4) is 0 Å². The van der Waals surface area contributed by atoms with Crippen LogP contribution in [0.1, 0.15) is 32.1 Å². The normalized spacial score (nSPS) is 20.1. The van der Waals surface area contributed by atoms with Gasteiger partial charge in [0, 0.05) is 22.8 Å². The predicted octanol–water partition coefficient (Wildman–Crippen LogP) is 3.95. The average Bonchev–Trinajstić information content (AvgIpc) is 2.57. The summed E-state index contributed by atoms with van der Waals surface area (Å²) in [6, 6.07) is 7.53. The number of hydrogen-bond donors (Lipinski definition) is 0. The van der Waals surface area contributed by atoms with Gasteiger partial charge in [-0.1, -0.05) is 18.0 Å². The minimum absolute atomic E-state index is 0.203. The Kier molecular flexibility index (Phi) is 3.13. The van der Waals surface area contributed by atoms with E-state index in [4.69, 9.17) is 11.6 Å². The summed E-state index contributed by atoms with van der Waals surface area (Å²) < 4.78 is 0. The number of nitrogens with zero attached hydrogens (tertiary/aromatic N) is 1. The van der Waals surface area contributed by atoms with Crippen molar-refractivity contribution in [2.45, 2.75) is 32.1 Å². The fourth-order valence-corrected chi connectivity index (χ4v) is 2.96. The number of benzene rings is 1. The van der Waals surface area contributed by atoms with Gasteiger partial charge in [-0.15, -0.1) is 0 Å². The molecule has 0 saturated heterocycles. The molecule has 0 bridgehead atoms. The highest BCUT2D eigenvalue weighted by Crippen LogP contribution is 2.33. The molecule has 0 unspecified atom stereocenters. The van der Waals surface area contributed by atoms with E-state index in [0.29, 0.717) is 5.02 Å². The van der Waals surface area contributed by atoms with Crippen LogP contribution in [-0.4, -0.2) is 12.5 Å². The van der Waals surface area contributed by atoms with Gasteiger partial charge in [-0.2, -0.15) is 0 Å². The van der Waals surface area contributed by atoms with Crippen molar-refractivity contribution in [1.29, 1.82) is 0 Å². The smallest absolute Gasteiger partial charge is 0.254 e. The van der Waals surface area contributed by atoms with Crippen LogP contribution in [-0.2, 0) is 4.79 Å². The van der Waals surface area contributed by atoms with Crippen LogP contribution in [0.25, 0.3) is 0 Å². The summed E-state index contributed by atoms with van der Waals surface area (Å²) in [5, 5.41) is 0.708. The van der Waals surface area contributed by atoms with E-state index in [1.807, 2.05) is 29.2 Å². The highest BCUT2D eigenvalue weighted by Gasteiger charge is 2.31. The Bertz CT molecular complexity index is 504. The molecule has 0 radical (unpaired) electrons. The summed E-state index contributed by atoms with van der Waals surface area (Å²) >= 11 is 5.88. The van der Waals surface area contributed by atoms with E-state index < -0.39 is 0 Å². The molecule has 1 aromatic rings. The maximum absolute atomic E-state index is 12.4. The Morgan fingerprint density at radius 2 is 1.72 bits per heavy atom. The zero-order valence-corrected chi connectivity index (χ0v) is 11.0. The zero-order chi connectivity index (χ0) is 12.5. The molecule has 18 heavy (non-hydrogen) atoms. The van der Waals surface area contributed by atoms with E-state index in [1.54, 1.807) is 0 Å². The Balaban J connectivity index is 1.86. The third-order valence-corrected chi connectivity index (χ3v) is 4.07. The third kappa shape index (κ3) is 2.05. The summed E-state index contributed by atoms with van der Waals surface area (Å²) in [7, 11) is 0. The molecule has 2 aliphatic rings. The van der Waals surface area contributed by atoms with Crippen LogP contribution in [0.2, 0.25) is 5.02 Å². The van der Waals surface area contributed by atoms with Crippen molar-refractivity contribution in [2.24, 2.45) is 0 Å². The lowest BCUT2D eigenvalue weighted by Gasteiger charge is -2.17. The molecule has 1 amide bonds. The maximum atomic E-state index is 12.4. The van der Waals surface area contributed by atoms with E-state index in [0.717, 1.165) is 37.1 Å².